The van der Waals surface area contributed by atoms with E-state index in [1.54, 1.807) is 0 Å². The molecule has 1 aliphatic rings. The molecule has 3 heteroatoms. The second-order valence-electron chi connectivity index (χ2n) is 2.59. The summed E-state index contributed by atoms with van der Waals surface area (Å²) >= 11 is 1.84. The largest absolute Gasteiger partial charge is 0.396 e. The van der Waals surface area contributed by atoms with Crippen LogP contribution in [-0.2, 0) is 0 Å². The Morgan fingerprint density at radius 1 is 1.60 bits per heavy atom. The molecule has 0 spiro atoms. The summed E-state index contributed by atoms with van der Waals surface area (Å²) < 4.78 is 0. The second-order valence-corrected chi connectivity index (χ2v) is 3.74. The number of nitrogens with one attached hydrogen (secondary N) is 1. The number of aliphatic hydroxyl groups excluding tert-OH is 1. The molecular formula is C7H15NOS. The van der Waals surface area contributed by atoms with E-state index in [1.807, 2.05) is 11.8 Å². The molecule has 0 bridgehead atoms. The van der Waals surface area contributed by atoms with Gasteiger partial charge in [0.25, 0.3) is 0 Å². The van der Waals surface area contributed by atoms with Gasteiger partial charge in [0.2, 0.25) is 0 Å². The van der Waals surface area contributed by atoms with E-state index in [4.69, 9.17) is 5.11 Å². The van der Waals surface area contributed by atoms with Crippen LogP contribution in [-0.4, -0.2) is 35.8 Å². The van der Waals surface area contributed by atoms with Crippen molar-refractivity contribution in [2.24, 2.45) is 0 Å². The lowest BCUT2D eigenvalue weighted by atomic mass is 10.3. The quantitative estimate of drug-likeness (QED) is 0.588. The van der Waals surface area contributed by atoms with Crippen molar-refractivity contribution in [3.8, 4) is 0 Å². The Hall–Kier alpha value is 0.270. The lowest BCUT2D eigenvalue weighted by Crippen LogP contribution is -2.23. The highest BCUT2D eigenvalue weighted by molar-refractivity contribution is 7.99. The standard InChI is InChI=1S/C7H15NOS/c9-4-5-10-6-7-2-1-3-8-7/h7-9H,1-6H2/t7-/m1/s1. The van der Waals surface area contributed by atoms with Gasteiger partial charge in [0.05, 0.1) is 6.61 Å². The van der Waals surface area contributed by atoms with Crippen LogP contribution in [0, 0.1) is 0 Å². The highest BCUT2D eigenvalue weighted by Gasteiger charge is 2.12. The van der Waals surface area contributed by atoms with E-state index < -0.39 is 0 Å². The number of aliphatic hydroxyl groups is 1. The fourth-order valence-corrected chi connectivity index (χ4v) is 2.05. The van der Waals surface area contributed by atoms with Gasteiger partial charge in [-0.05, 0) is 19.4 Å². The van der Waals surface area contributed by atoms with E-state index in [0.717, 1.165) is 11.8 Å². The van der Waals surface area contributed by atoms with Crippen LogP contribution in [0.2, 0.25) is 0 Å². The topological polar surface area (TPSA) is 32.3 Å². The second kappa shape index (κ2) is 4.99. The number of hydrogen-bond donors (Lipinski definition) is 2. The van der Waals surface area contributed by atoms with Gasteiger partial charge in [0.1, 0.15) is 0 Å². The minimum absolute atomic E-state index is 0.317. The molecule has 1 aliphatic heterocycles. The van der Waals surface area contributed by atoms with E-state index in [1.165, 1.54) is 25.1 Å². The molecule has 0 saturated carbocycles. The van der Waals surface area contributed by atoms with E-state index in [-0.39, 0.29) is 0 Å². The van der Waals surface area contributed by atoms with Gasteiger partial charge < -0.3 is 10.4 Å². The normalized spacial score (nSPS) is 25.5. The highest BCUT2D eigenvalue weighted by Crippen LogP contribution is 2.10. The maximum atomic E-state index is 8.50. The average molecular weight is 161 g/mol. The highest BCUT2D eigenvalue weighted by atomic mass is 32.2. The Kier molecular flexibility index (Phi) is 4.18. The van der Waals surface area contributed by atoms with Crippen LogP contribution >= 0.6 is 11.8 Å². The first-order chi connectivity index (χ1) is 4.93. The zero-order valence-electron chi connectivity index (χ0n) is 6.18. The third-order valence-corrected chi connectivity index (χ3v) is 2.83. The van der Waals surface area contributed by atoms with Crippen molar-refractivity contribution in [3.63, 3.8) is 0 Å². The van der Waals surface area contributed by atoms with Gasteiger partial charge in [-0.1, -0.05) is 0 Å². The van der Waals surface area contributed by atoms with Crippen LogP contribution in [0.3, 0.4) is 0 Å². The summed E-state index contributed by atoms with van der Waals surface area (Å²) in [6.45, 7) is 1.50. The third-order valence-electron chi connectivity index (χ3n) is 1.72. The van der Waals surface area contributed by atoms with Gasteiger partial charge in [0, 0.05) is 17.5 Å². The molecule has 0 radical (unpaired) electrons. The van der Waals surface area contributed by atoms with Crippen LogP contribution < -0.4 is 5.32 Å². The fourth-order valence-electron chi connectivity index (χ4n) is 1.19. The van der Waals surface area contributed by atoms with Crippen LogP contribution in [0.5, 0.6) is 0 Å². The van der Waals surface area contributed by atoms with Crippen molar-refractivity contribution >= 4 is 11.8 Å². The first kappa shape index (κ1) is 8.37. The molecule has 0 amide bonds. The number of hydrogen-bond acceptors (Lipinski definition) is 3. The van der Waals surface area contributed by atoms with Crippen molar-refractivity contribution in [2.75, 3.05) is 24.7 Å². The van der Waals surface area contributed by atoms with Crippen molar-refractivity contribution in [1.82, 2.24) is 5.32 Å². The van der Waals surface area contributed by atoms with Crippen molar-refractivity contribution < 1.29 is 5.11 Å². The van der Waals surface area contributed by atoms with Crippen LogP contribution in [0.4, 0.5) is 0 Å². The smallest absolute Gasteiger partial charge is 0.0521 e. The predicted octanol–water partition coefficient (Wildman–Crippen LogP) is 0.464. The predicted molar refractivity (Wildman–Crippen MR) is 45.4 cm³/mol. The minimum Gasteiger partial charge on any atom is -0.396 e. The average Bonchev–Trinajstić information content (AvgIpc) is 2.41. The molecular weight excluding hydrogens is 146 g/mol. The van der Waals surface area contributed by atoms with Gasteiger partial charge in [-0.15, -0.1) is 0 Å². The van der Waals surface area contributed by atoms with Gasteiger partial charge in [0.15, 0.2) is 0 Å². The SMILES string of the molecule is OCCSC[C@H]1CCCN1. The molecule has 1 heterocycles. The first-order valence-electron chi connectivity index (χ1n) is 3.85. The molecule has 0 unspecified atom stereocenters. The summed E-state index contributed by atoms with van der Waals surface area (Å²) in [6.07, 6.45) is 2.64. The van der Waals surface area contributed by atoms with E-state index in [9.17, 15) is 0 Å². The molecule has 0 aromatic rings. The maximum absolute atomic E-state index is 8.50. The van der Waals surface area contributed by atoms with E-state index in [0.29, 0.717) is 6.61 Å². The molecule has 10 heavy (non-hydrogen) atoms. The molecule has 0 aromatic heterocycles. The summed E-state index contributed by atoms with van der Waals surface area (Å²) in [7, 11) is 0. The molecule has 2 nitrogen and oxygen atoms in total. The molecule has 1 atom stereocenters. The minimum atomic E-state index is 0.317. The summed E-state index contributed by atoms with van der Waals surface area (Å²) in [5.74, 6) is 2.05. The molecule has 1 saturated heterocycles. The summed E-state index contributed by atoms with van der Waals surface area (Å²) in [5, 5.41) is 11.9. The molecule has 0 aromatic carbocycles. The Labute approximate surface area is 66.4 Å². The summed E-state index contributed by atoms with van der Waals surface area (Å²) in [4.78, 5) is 0. The number of thioether (sulfide) groups is 1. The van der Waals surface area contributed by atoms with Crippen molar-refractivity contribution in [1.29, 1.82) is 0 Å². The Morgan fingerprint density at radius 3 is 3.10 bits per heavy atom. The van der Waals surface area contributed by atoms with E-state index in [2.05, 4.69) is 5.32 Å². The third kappa shape index (κ3) is 2.90. The van der Waals surface area contributed by atoms with Gasteiger partial charge >= 0.3 is 0 Å². The van der Waals surface area contributed by atoms with Crippen molar-refractivity contribution in [3.05, 3.63) is 0 Å². The van der Waals surface area contributed by atoms with Gasteiger partial charge in [-0.25, -0.2) is 0 Å². The van der Waals surface area contributed by atoms with E-state index >= 15 is 0 Å². The lowest BCUT2D eigenvalue weighted by Gasteiger charge is -2.07. The fraction of sp³-hybridized carbons (Fsp3) is 1.00. The zero-order chi connectivity index (χ0) is 7.23. The van der Waals surface area contributed by atoms with Crippen LogP contribution in [0.25, 0.3) is 0 Å². The molecule has 60 valence electrons. The number of rotatable bonds is 4. The monoisotopic (exact) mass is 161 g/mol. The molecule has 1 rings (SSSR count). The Morgan fingerprint density at radius 2 is 2.50 bits per heavy atom. The molecule has 0 aliphatic carbocycles. The summed E-state index contributed by atoms with van der Waals surface area (Å²) in [6, 6.07) is 0.719. The van der Waals surface area contributed by atoms with Crippen LogP contribution in [0.1, 0.15) is 12.8 Å². The lowest BCUT2D eigenvalue weighted by molar-refractivity contribution is 0.322. The van der Waals surface area contributed by atoms with Crippen molar-refractivity contribution in [2.45, 2.75) is 18.9 Å². The Bertz CT molecular complexity index is 83.7. The first-order valence-corrected chi connectivity index (χ1v) is 5.01. The summed E-state index contributed by atoms with van der Waals surface area (Å²) in [5.41, 5.74) is 0. The zero-order valence-corrected chi connectivity index (χ0v) is 6.99. The Balaban J connectivity index is 1.91. The maximum Gasteiger partial charge on any atom is 0.0521 e. The molecule has 1 fully saturated rings. The molecule has 2 N–H and O–H groups in total. The van der Waals surface area contributed by atoms with Gasteiger partial charge in [-0.3, -0.25) is 0 Å². The van der Waals surface area contributed by atoms with Gasteiger partial charge in [-0.2, -0.15) is 11.8 Å². The van der Waals surface area contributed by atoms with Crippen LogP contribution in [0.15, 0.2) is 0 Å².